The van der Waals surface area contributed by atoms with E-state index in [0.717, 1.165) is 11.9 Å². The van der Waals surface area contributed by atoms with Crippen LogP contribution in [-0.4, -0.2) is 64.4 Å². The first-order valence-electron chi connectivity index (χ1n) is 4.51. The largest absolute Gasteiger partial charge is 0.365 e. The Hall–Kier alpha value is -0.495. The third-order valence-electron chi connectivity index (χ3n) is 1.99. The van der Waals surface area contributed by atoms with Crippen LogP contribution in [-0.2, 0) is 4.79 Å². The average Bonchev–Trinajstić information content (AvgIpc) is 2.15. The maximum absolute atomic E-state index is 11.2. The molecule has 0 spiro atoms. The Morgan fingerprint density at radius 3 is 2.33 bits per heavy atom. The number of carbonyl (C=O) groups is 1. The standard InChI is InChI=1S/C8H13BN2O3S/c1-2-7(12)10-3-5-11(6-4-10)15-8(9,13)14/h2,13-14H,1,3-6H2. The van der Waals surface area contributed by atoms with Gasteiger partial charge in [-0.25, -0.2) is 4.31 Å². The van der Waals surface area contributed by atoms with Gasteiger partial charge in [-0.2, -0.15) is 0 Å². The Bertz CT molecular complexity index is 249. The van der Waals surface area contributed by atoms with Gasteiger partial charge in [0, 0.05) is 26.2 Å². The van der Waals surface area contributed by atoms with Crippen molar-refractivity contribution in [3.8, 4) is 0 Å². The summed E-state index contributed by atoms with van der Waals surface area (Å²) >= 11 is 0.757. The summed E-state index contributed by atoms with van der Waals surface area (Å²) in [6.45, 7) is 5.57. The van der Waals surface area contributed by atoms with Gasteiger partial charge in [0.25, 0.3) is 0 Å². The van der Waals surface area contributed by atoms with Gasteiger partial charge in [0.1, 0.15) is 0 Å². The van der Waals surface area contributed by atoms with Crippen molar-refractivity contribution in [2.45, 2.75) is 5.02 Å². The van der Waals surface area contributed by atoms with E-state index in [1.165, 1.54) is 6.08 Å². The maximum Gasteiger partial charge on any atom is 0.246 e. The highest BCUT2D eigenvalue weighted by Gasteiger charge is 2.25. The van der Waals surface area contributed by atoms with Gasteiger partial charge in [-0.3, -0.25) is 4.79 Å². The van der Waals surface area contributed by atoms with Crippen LogP contribution < -0.4 is 0 Å². The summed E-state index contributed by atoms with van der Waals surface area (Å²) in [6, 6.07) is 0. The predicted molar refractivity (Wildman–Crippen MR) is 58.9 cm³/mol. The van der Waals surface area contributed by atoms with Crippen LogP contribution in [0.3, 0.4) is 0 Å². The van der Waals surface area contributed by atoms with Gasteiger partial charge in [-0.05, 0) is 18.0 Å². The smallest absolute Gasteiger partial charge is 0.246 e. The predicted octanol–water partition coefficient (Wildman–Crippen LogP) is -1.27. The second kappa shape index (κ2) is 5.02. The van der Waals surface area contributed by atoms with Crippen LogP contribution in [0.2, 0.25) is 0 Å². The molecule has 1 aliphatic rings. The Morgan fingerprint density at radius 1 is 1.40 bits per heavy atom. The molecule has 2 N–H and O–H groups in total. The first-order valence-corrected chi connectivity index (χ1v) is 5.29. The van der Waals surface area contributed by atoms with Crippen molar-refractivity contribution in [1.29, 1.82) is 0 Å². The fourth-order valence-corrected chi connectivity index (χ4v) is 2.04. The minimum atomic E-state index is -2.25. The zero-order valence-electron chi connectivity index (χ0n) is 8.30. The highest BCUT2D eigenvalue weighted by Crippen LogP contribution is 2.22. The Labute approximate surface area is 94.3 Å². The number of hydrogen-bond acceptors (Lipinski definition) is 5. The minimum Gasteiger partial charge on any atom is -0.365 e. The number of hydrogen-bond donors (Lipinski definition) is 2. The van der Waals surface area contributed by atoms with Crippen LogP contribution >= 0.6 is 11.9 Å². The van der Waals surface area contributed by atoms with E-state index >= 15 is 0 Å². The zero-order chi connectivity index (χ0) is 11.5. The molecule has 0 aromatic rings. The molecule has 1 fully saturated rings. The summed E-state index contributed by atoms with van der Waals surface area (Å²) in [5.41, 5.74) is 0. The maximum atomic E-state index is 11.2. The number of rotatable bonds is 3. The third kappa shape index (κ3) is 4.25. The molecule has 0 unspecified atom stereocenters. The first-order chi connectivity index (χ1) is 6.92. The van der Waals surface area contributed by atoms with E-state index < -0.39 is 5.02 Å². The molecule has 5 nitrogen and oxygen atoms in total. The molecule has 7 heteroatoms. The lowest BCUT2D eigenvalue weighted by Crippen LogP contribution is -2.47. The van der Waals surface area contributed by atoms with E-state index in [-0.39, 0.29) is 5.91 Å². The molecule has 0 atom stereocenters. The number of nitrogens with zero attached hydrogens (tertiary/aromatic N) is 2. The normalized spacial score (nSPS) is 18.9. The van der Waals surface area contributed by atoms with Crippen LogP contribution in [0.1, 0.15) is 0 Å². The molecule has 82 valence electrons. The van der Waals surface area contributed by atoms with E-state index in [2.05, 4.69) is 6.58 Å². The number of aliphatic hydroxyl groups is 2. The molecule has 0 saturated carbocycles. The van der Waals surface area contributed by atoms with Gasteiger partial charge in [0.15, 0.2) is 12.9 Å². The average molecular weight is 228 g/mol. The monoisotopic (exact) mass is 228 g/mol. The molecule has 1 aliphatic heterocycles. The highest BCUT2D eigenvalue weighted by atomic mass is 32.2. The van der Waals surface area contributed by atoms with Gasteiger partial charge in [-0.15, -0.1) is 0 Å². The van der Waals surface area contributed by atoms with E-state index in [4.69, 9.17) is 18.1 Å². The van der Waals surface area contributed by atoms with Crippen molar-refractivity contribution in [3.05, 3.63) is 12.7 Å². The quantitative estimate of drug-likeness (QED) is 0.273. The zero-order valence-corrected chi connectivity index (χ0v) is 9.11. The summed E-state index contributed by atoms with van der Waals surface area (Å²) in [7, 11) is 5.02. The number of amides is 1. The van der Waals surface area contributed by atoms with E-state index in [1.807, 2.05) is 0 Å². The van der Waals surface area contributed by atoms with Crippen LogP contribution in [0.15, 0.2) is 12.7 Å². The van der Waals surface area contributed by atoms with Crippen LogP contribution in [0, 0.1) is 0 Å². The second-order valence-corrected chi connectivity index (χ2v) is 4.51. The molecule has 15 heavy (non-hydrogen) atoms. The molecule has 0 aliphatic carbocycles. The Morgan fingerprint density at radius 2 is 1.93 bits per heavy atom. The molecule has 1 heterocycles. The SMILES string of the molecule is [B]C(O)(O)SN1CCN(C(=O)C=C)CC1. The van der Waals surface area contributed by atoms with Crippen molar-refractivity contribution < 1.29 is 15.0 Å². The van der Waals surface area contributed by atoms with E-state index in [0.29, 0.717) is 26.2 Å². The van der Waals surface area contributed by atoms with Crippen molar-refractivity contribution in [3.63, 3.8) is 0 Å². The van der Waals surface area contributed by atoms with Gasteiger partial charge < -0.3 is 15.1 Å². The molecule has 0 aromatic heterocycles. The van der Waals surface area contributed by atoms with Crippen LogP contribution in [0.25, 0.3) is 0 Å². The van der Waals surface area contributed by atoms with Gasteiger partial charge in [0.2, 0.25) is 5.91 Å². The van der Waals surface area contributed by atoms with Gasteiger partial charge in [-0.1, -0.05) is 6.58 Å². The Kier molecular flexibility index (Phi) is 4.21. The summed E-state index contributed by atoms with van der Waals surface area (Å²) in [4.78, 5) is 12.9. The third-order valence-corrected chi connectivity index (χ3v) is 2.88. The van der Waals surface area contributed by atoms with E-state index in [1.54, 1.807) is 9.21 Å². The van der Waals surface area contributed by atoms with Crippen molar-refractivity contribution in [2.24, 2.45) is 0 Å². The fourth-order valence-electron chi connectivity index (χ4n) is 1.32. The first kappa shape index (κ1) is 12.6. The van der Waals surface area contributed by atoms with Crippen molar-refractivity contribution in [1.82, 2.24) is 9.21 Å². The van der Waals surface area contributed by atoms with Crippen LogP contribution in [0.4, 0.5) is 0 Å². The van der Waals surface area contributed by atoms with Crippen molar-refractivity contribution in [2.75, 3.05) is 26.2 Å². The fraction of sp³-hybridized carbons (Fsp3) is 0.625. The lowest BCUT2D eigenvalue weighted by Gasteiger charge is -2.35. The molecule has 1 amide bonds. The topological polar surface area (TPSA) is 64.0 Å². The molecule has 2 radical (unpaired) electrons. The van der Waals surface area contributed by atoms with Crippen molar-refractivity contribution >= 4 is 25.7 Å². The molecular formula is C8H13BN2O3S. The molecule has 1 saturated heterocycles. The van der Waals surface area contributed by atoms with Gasteiger partial charge >= 0.3 is 0 Å². The summed E-state index contributed by atoms with van der Waals surface area (Å²) in [5, 5.41) is 15.7. The second-order valence-electron chi connectivity index (χ2n) is 3.21. The minimum absolute atomic E-state index is 0.105. The summed E-state index contributed by atoms with van der Waals surface area (Å²) in [6.07, 6.45) is 1.27. The molecule has 0 bridgehead atoms. The van der Waals surface area contributed by atoms with Crippen LogP contribution in [0.5, 0.6) is 0 Å². The number of piperazine rings is 1. The summed E-state index contributed by atoms with van der Waals surface area (Å²) in [5.74, 6) is -0.105. The highest BCUT2D eigenvalue weighted by molar-refractivity contribution is 7.99. The van der Waals surface area contributed by atoms with E-state index in [9.17, 15) is 4.79 Å². The Balaban J connectivity index is 2.36. The van der Waals surface area contributed by atoms with Gasteiger partial charge in [0.05, 0.1) is 0 Å². The molecule has 1 rings (SSSR count). The lowest BCUT2D eigenvalue weighted by atomic mass is 10.1. The lowest BCUT2D eigenvalue weighted by molar-refractivity contribution is -0.127. The number of carbonyl (C=O) groups excluding carboxylic acids is 1. The molecular weight excluding hydrogens is 215 g/mol. The summed E-state index contributed by atoms with van der Waals surface area (Å²) < 4.78 is 1.72. The molecule has 0 aromatic carbocycles.